The Morgan fingerprint density at radius 3 is 2.71 bits per heavy atom. The number of nitrogens with two attached hydrogens (primary N) is 1. The van der Waals surface area contributed by atoms with E-state index in [9.17, 15) is 0 Å². The molecule has 0 bridgehead atoms. The predicted octanol–water partition coefficient (Wildman–Crippen LogP) is 2.41. The Morgan fingerprint density at radius 2 is 2.00 bits per heavy atom. The van der Waals surface area contributed by atoms with Crippen molar-refractivity contribution in [1.82, 2.24) is 4.90 Å². The fourth-order valence-electron chi connectivity index (χ4n) is 2.12. The Kier molecular flexibility index (Phi) is 4.06. The molecule has 1 aromatic carbocycles. The first-order valence-corrected chi connectivity index (χ1v) is 6.33. The lowest BCUT2D eigenvalue weighted by atomic mass is 10.1. The van der Waals surface area contributed by atoms with E-state index in [0.29, 0.717) is 0 Å². The monoisotopic (exact) mass is 228 g/mol. The van der Waals surface area contributed by atoms with Gasteiger partial charge in [0.2, 0.25) is 0 Å². The Hall–Kier alpha value is -1.46. The SMILES string of the molecule is Cc1cc(C#CCN2CCCCC2)ccc1N. The van der Waals surface area contributed by atoms with E-state index in [4.69, 9.17) is 5.73 Å². The second kappa shape index (κ2) is 5.75. The minimum absolute atomic E-state index is 0.839. The second-order valence-corrected chi connectivity index (χ2v) is 4.71. The van der Waals surface area contributed by atoms with Crippen LogP contribution in [-0.4, -0.2) is 24.5 Å². The van der Waals surface area contributed by atoms with Crippen LogP contribution in [0.5, 0.6) is 0 Å². The first-order valence-electron chi connectivity index (χ1n) is 6.33. The van der Waals surface area contributed by atoms with Crippen LogP contribution in [0.4, 0.5) is 5.69 Å². The summed E-state index contributed by atoms with van der Waals surface area (Å²) in [5.74, 6) is 6.47. The molecule has 1 aliphatic rings. The zero-order chi connectivity index (χ0) is 12.1. The third-order valence-corrected chi connectivity index (χ3v) is 3.25. The third kappa shape index (κ3) is 3.51. The fourth-order valence-corrected chi connectivity index (χ4v) is 2.12. The summed E-state index contributed by atoms with van der Waals surface area (Å²) < 4.78 is 0. The normalized spacial score (nSPS) is 16.3. The van der Waals surface area contributed by atoms with E-state index < -0.39 is 0 Å². The second-order valence-electron chi connectivity index (χ2n) is 4.71. The molecule has 1 aromatic rings. The molecule has 0 unspecified atom stereocenters. The number of benzene rings is 1. The number of nitrogens with zero attached hydrogens (tertiary/aromatic N) is 1. The van der Waals surface area contributed by atoms with E-state index >= 15 is 0 Å². The molecule has 2 N–H and O–H groups in total. The van der Waals surface area contributed by atoms with Crippen molar-refractivity contribution in [2.75, 3.05) is 25.4 Å². The lowest BCUT2D eigenvalue weighted by molar-refractivity contribution is 0.255. The Labute approximate surface area is 104 Å². The number of aryl methyl sites for hydroxylation is 1. The van der Waals surface area contributed by atoms with Crippen molar-refractivity contribution >= 4 is 5.69 Å². The van der Waals surface area contributed by atoms with Gasteiger partial charge in [-0.05, 0) is 56.6 Å². The Morgan fingerprint density at radius 1 is 1.24 bits per heavy atom. The molecule has 0 amide bonds. The van der Waals surface area contributed by atoms with Gasteiger partial charge >= 0.3 is 0 Å². The highest BCUT2D eigenvalue weighted by molar-refractivity contribution is 5.51. The molecule has 17 heavy (non-hydrogen) atoms. The lowest BCUT2D eigenvalue weighted by Gasteiger charge is -2.23. The van der Waals surface area contributed by atoms with Gasteiger partial charge in [-0.1, -0.05) is 18.3 Å². The van der Waals surface area contributed by atoms with Gasteiger partial charge < -0.3 is 5.73 Å². The molecular formula is C15H20N2. The van der Waals surface area contributed by atoms with Crippen LogP contribution < -0.4 is 5.73 Å². The van der Waals surface area contributed by atoms with E-state index in [2.05, 4.69) is 22.8 Å². The molecule has 0 aliphatic carbocycles. The maximum Gasteiger partial charge on any atom is 0.0605 e. The number of anilines is 1. The van der Waals surface area contributed by atoms with Crippen LogP contribution in [0.25, 0.3) is 0 Å². The van der Waals surface area contributed by atoms with Gasteiger partial charge in [0.25, 0.3) is 0 Å². The average molecular weight is 228 g/mol. The number of hydrogen-bond donors (Lipinski definition) is 1. The van der Waals surface area contributed by atoms with Crippen LogP contribution in [-0.2, 0) is 0 Å². The third-order valence-electron chi connectivity index (χ3n) is 3.25. The fraction of sp³-hybridized carbons (Fsp3) is 0.467. The number of likely N-dealkylation sites (tertiary alicyclic amines) is 1. The summed E-state index contributed by atoms with van der Waals surface area (Å²) in [4.78, 5) is 2.43. The van der Waals surface area contributed by atoms with Crippen LogP contribution in [0.2, 0.25) is 0 Å². The number of hydrogen-bond acceptors (Lipinski definition) is 2. The average Bonchev–Trinajstić information content (AvgIpc) is 2.35. The van der Waals surface area contributed by atoms with Crippen molar-refractivity contribution < 1.29 is 0 Å². The molecule has 1 saturated heterocycles. The van der Waals surface area contributed by atoms with Gasteiger partial charge in [0.1, 0.15) is 0 Å². The van der Waals surface area contributed by atoms with Crippen molar-refractivity contribution in [2.24, 2.45) is 0 Å². The van der Waals surface area contributed by atoms with Crippen LogP contribution in [0, 0.1) is 18.8 Å². The summed E-state index contributed by atoms with van der Waals surface area (Å²) in [5, 5.41) is 0. The van der Waals surface area contributed by atoms with Crippen molar-refractivity contribution in [3.63, 3.8) is 0 Å². The van der Waals surface area contributed by atoms with Gasteiger partial charge in [0, 0.05) is 11.3 Å². The van der Waals surface area contributed by atoms with E-state index in [1.807, 2.05) is 19.1 Å². The van der Waals surface area contributed by atoms with Crippen molar-refractivity contribution in [2.45, 2.75) is 26.2 Å². The zero-order valence-corrected chi connectivity index (χ0v) is 10.5. The minimum Gasteiger partial charge on any atom is -0.399 e. The number of rotatable bonds is 1. The Bertz CT molecular complexity index is 434. The molecule has 2 heteroatoms. The van der Waals surface area contributed by atoms with Crippen molar-refractivity contribution in [3.05, 3.63) is 29.3 Å². The van der Waals surface area contributed by atoms with Gasteiger partial charge in [-0.15, -0.1) is 0 Å². The summed E-state index contributed by atoms with van der Waals surface area (Å²) in [6.07, 6.45) is 4.02. The smallest absolute Gasteiger partial charge is 0.0605 e. The van der Waals surface area contributed by atoms with E-state index in [1.54, 1.807) is 0 Å². The first kappa shape index (κ1) is 12.0. The van der Waals surface area contributed by atoms with E-state index in [1.165, 1.54) is 32.4 Å². The molecule has 1 fully saturated rings. The largest absolute Gasteiger partial charge is 0.399 e. The molecule has 0 saturated carbocycles. The molecule has 0 atom stereocenters. The minimum atomic E-state index is 0.839. The van der Waals surface area contributed by atoms with Crippen LogP contribution in [0.3, 0.4) is 0 Å². The Balaban J connectivity index is 1.93. The predicted molar refractivity (Wildman–Crippen MR) is 72.8 cm³/mol. The maximum absolute atomic E-state index is 5.78. The standard InChI is InChI=1S/C15H20N2/c1-13-12-14(7-8-15(13)16)6-5-11-17-9-3-2-4-10-17/h7-8,12H,2-4,9-11,16H2,1H3. The summed E-state index contributed by atoms with van der Waals surface area (Å²) in [6, 6.07) is 5.98. The summed E-state index contributed by atoms with van der Waals surface area (Å²) >= 11 is 0. The van der Waals surface area contributed by atoms with Crippen molar-refractivity contribution in [3.8, 4) is 11.8 Å². The highest BCUT2D eigenvalue weighted by Gasteiger charge is 2.07. The highest BCUT2D eigenvalue weighted by Crippen LogP contribution is 2.11. The van der Waals surface area contributed by atoms with Gasteiger partial charge in [-0.3, -0.25) is 4.90 Å². The molecule has 0 aromatic heterocycles. The van der Waals surface area contributed by atoms with E-state index in [0.717, 1.165) is 23.4 Å². The summed E-state index contributed by atoms with van der Waals surface area (Å²) in [6.45, 7) is 5.32. The zero-order valence-electron chi connectivity index (χ0n) is 10.5. The molecule has 2 nitrogen and oxygen atoms in total. The van der Waals surface area contributed by atoms with Crippen LogP contribution in [0.1, 0.15) is 30.4 Å². The first-order chi connectivity index (χ1) is 8.25. The topological polar surface area (TPSA) is 29.3 Å². The van der Waals surface area contributed by atoms with Gasteiger partial charge in [-0.25, -0.2) is 0 Å². The quantitative estimate of drug-likeness (QED) is 0.591. The lowest BCUT2D eigenvalue weighted by Crippen LogP contribution is -2.29. The molecule has 90 valence electrons. The highest BCUT2D eigenvalue weighted by atomic mass is 15.1. The molecule has 1 heterocycles. The van der Waals surface area contributed by atoms with Crippen LogP contribution >= 0.6 is 0 Å². The van der Waals surface area contributed by atoms with Crippen LogP contribution in [0.15, 0.2) is 18.2 Å². The number of nitrogen functional groups attached to an aromatic ring is 1. The molecule has 0 spiro atoms. The van der Waals surface area contributed by atoms with Crippen molar-refractivity contribution in [1.29, 1.82) is 0 Å². The summed E-state index contributed by atoms with van der Waals surface area (Å²) in [5.41, 5.74) is 8.79. The number of piperidine rings is 1. The summed E-state index contributed by atoms with van der Waals surface area (Å²) in [7, 11) is 0. The maximum atomic E-state index is 5.78. The van der Waals surface area contributed by atoms with Gasteiger partial charge in [-0.2, -0.15) is 0 Å². The van der Waals surface area contributed by atoms with Gasteiger partial charge in [0.05, 0.1) is 6.54 Å². The molecule has 1 aliphatic heterocycles. The molecule has 0 radical (unpaired) electrons. The molecule has 2 rings (SSSR count). The molecular weight excluding hydrogens is 208 g/mol. The van der Waals surface area contributed by atoms with E-state index in [-0.39, 0.29) is 0 Å². The van der Waals surface area contributed by atoms with Gasteiger partial charge in [0.15, 0.2) is 0 Å².